The van der Waals surface area contributed by atoms with Crippen molar-refractivity contribution in [2.24, 2.45) is 0 Å². The minimum atomic E-state index is -1.83. The molecule has 5 nitrogen and oxygen atoms in total. The van der Waals surface area contributed by atoms with Crippen molar-refractivity contribution in [2.45, 2.75) is 12.1 Å². The molecular formula is C5H5NO4. The summed E-state index contributed by atoms with van der Waals surface area (Å²) < 4.78 is 4.50. The lowest BCUT2D eigenvalue weighted by atomic mass is 10.2. The van der Waals surface area contributed by atoms with Crippen LogP contribution in [0.4, 0.5) is 0 Å². The maximum atomic E-state index is 10.2. The molecule has 0 N–H and O–H groups in total. The van der Waals surface area contributed by atoms with E-state index >= 15 is 0 Å². The molecule has 0 aliphatic carbocycles. The third-order valence-electron chi connectivity index (χ3n) is 1.27. The van der Waals surface area contributed by atoms with E-state index in [9.17, 15) is 14.9 Å². The molecule has 0 saturated carbocycles. The molecule has 0 fully saturated rings. The zero-order chi connectivity index (χ0) is 7.61. The van der Waals surface area contributed by atoms with Crippen LogP contribution in [0.15, 0.2) is 12.3 Å². The highest BCUT2D eigenvalue weighted by molar-refractivity contribution is 5.60. The molecule has 54 valence electrons. The number of carbonyl (C=O) groups is 1. The van der Waals surface area contributed by atoms with Crippen LogP contribution in [0.25, 0.3) is 0 Å². The molecule has 1 unspecified atom stereocenters. The van der Waals surface area contributed by atoms with Gasteiger partial charge in [-0.2, -0.15) is 0 Å². The Labute approximate surface area is 56.4 Å². The summed E-state index contributed by atoms with van der Waals surface area (Å²) in [6.07, 6.45) is 2.82. The lowest BCUT2D eigenvalue weighted by molar-refractivity contribution is -0.596. The quantitative estimate of drug-likeness (QED) is 0.312. The Bertz CT molecular complexity index is 190. The number of aldehydes is 1. The first-order valence-corrected chi connectivity index (χ1v) is 2.65. The normalized spacial score (nSPS) is 29.6. The summed E-state index contributed by atoms with van der Waals surface area (Å²) in [6.45, 7) is 0. The fourth-order valence-corrected chi connectivity index (χ4v) is 0.668. The van der Waals surface area contributed by atoms with E-state index in [0.717, 1.165) is 6.26 Å². The van der Waals surface area contributed by atoms with Gasteiger partial charge >= 0.3 is 5.72 Å². The van der Waals surface area contributed by atoms with Crippen LogP contribution in [0.2, 0.25) is 0 Å². The average Bonchev–Trinajstić information content (AvgIpc) is 2.35. The monoisotopic (exact) mass is 143 g/mol. The number of nitro groups is 1. The van der Waals surface area contributed by atoms with Crippen molar-refractivity contribution in [1.82, 2.24) is 0 Å². The fraction of sp³-hybridized carbons (Fsp3) is 0.400. The van der Waals surface area contributed by atoms with Gasteiger partial charge in [-0.15, -0.1) is 0 Å². The van der Waals surface area contributed by atoms with Crippen LogP contribution >= 0.6 is 0 Å². The lowest BCUT2D eigenvalue weighted by Gasteiger charge is -2.10. The average molecular weight is 143 g/mol. The maximum Gasteiger partial charge on any atom is 0.422 e. The molecule has 0 amide bonds. The van der Waals surface area contributed by atoms with Crippen molar-refractivity contribution in [3.8, 4) is 0 Å². The molecule has 5 heteroatoms. The van der Waals surface area contributed by atoms with E-state index in [1.165, 1.54) is 6.08 Å². The van der Waals surface area contributed by atoms with Gasteiger partial charge in [-0.3, -0.25) is 14.9 Å². The summed E-state index contributed by atoms with van der Waals surface area (Å²) in [4.78, 5) is 19.6. The second kappa shape index (κ2) is 2.09. The smallest absolute Gasteiger partial charge is 0.422 e. The number of hydrogen-bond acceptors (Lipinski definition) is 4. The maximum absolute atomic E-state index is 10.2. The van der Waals surface area contributed by atoms with E-state index in [0.29, 0.717) is 0 Å². The highest BCUT2D eigenvalue weighted by Gasteiger charge is 2.46. The van der Waals surface area contributed by atoms with Crippen LogP contribution in [-0.2, 0) is 9.53 Å². The molecular weight excluding hydrogens is 138 g/mol. The molecule has 0 radical (unpaired) electrons. The highest BCUT2D eigenvalue weighted by Crippen LogP contribution is 2.20. The van der Waals surface area contributed by atoms with Gasteiger partial charge in [0, 0.05) is 0 Å². The van der Waals surface area contributed by atoms with Crippen LogP contribution < -0.4 is 0 Å². The summed E-state index contributed by atoms with van der Waals surface area (Å²) in [7, 11) is 0. The number of rotatable bonds is 2. The summed E-state index contributed by atoms with van der Waals surface area (Å²) in [5, 5.41) is 10.2. The van der Waals surface area contributed by atoms with Crippen LogP contribution in [0.3, 0.4) is 0 Å². The van der Waals surface area contributed by atoms with Gasteiger partial charge in [0.1, 0.15) is 0 Å². The Hall–Kier alpha value is -1.39. The number of carbonyl (C=O) groups excluding carboxylic acids is 1. The van der Waals surface area contributed by atoms with Crippen LogP contribution in [0.5, 0.6) is 0 Å². The van der Waals surface area contributed by atoms with Gasteiger partial charge in [0.25, 0.3) is 0 Å². The summed E-state index contributed by atoms with van der Waals surface area (Å²) in [6, 6.07) is 0. The molecule has 0 aromatic carbocycles. The minimum Gasteiger partial charge on any atom is -0.430 e. The van der Waals surface area contributed by atoms with E-state index in [-0.39, 0.29) is 12.7 Å². The molecule has 1 heterocycles. The first kappa shape index (κ1) is 6.73. The van der Waals surface area contributed by atoms with E-state index in [2.05, 4.69) is 4.74 Å². The zero-order valence-electron chi connectivity index (χ0n) is 5.02. The van der Waals surface area contributed by atoms with Crippen molar-refractivity contribution >= 4 is 6.29 Å². The zero-order valence-corrected chi connectivity index (χ0v) is 5.02. The fourth-order valence-electron chi connectivity index (χ4n) is 0.668. The summed E-state index contributed by atoms with van der Waals surface area (Å²) in [5.41, 5.74) is -1.83. The molecule has 0 bridgehead atoms. The van der Waals surface area contributed by atoms with Gasteiger partial charge in [-0.25, -0.2) is 0 Å². The summed E-state index contributed by atoms with van der Waals surface area (Å²) >= 11 is 0. The van der Waals surface area contributed by atoms with E-state index in [1.54, 1.807) is 0 Å². The Kier molecular flexibility index (Phi) is 1.41. The lowest BCUT2D eigenvalue weighted by Crippen LogP contribution is -2.38. The second-order valence-electron chi connectivity index (χ2n) is 1.91. The SMILES string of the molecule is O=CC1([N+](=O)[O-])CC=CO1. The third kappa shape index (κ3) is 0.754. The number of ether oxygens (including phenoxy) is 1. The van der Waals surface area contributed by atoms with Crippen LogP contribution in [0, 0.1) is 10.1 Å². The first-order chi connectivity index (χ1) is 4.71. The highest BCUT2D eigenvalue weighted by atomic mass is 16.7. The van der Waals surface area contributed by atoms with E-state index < -0.39 is 10.6 Å². The van der Waals surface area contributed by atoms with Gasteiger partial charge in [0.15, 0.2) is 0 Å². The molecule has 0 saturated heterocycles. The predicted molar refractivity (Wildman–Crippen MR) is 30.6 cm³/mol. The van der Waals surface area contributed by atoms with Crippen molar-refractivity contribution in [3.05, 3.63) is 22.5 Å². The van der Waals surface area contributed by atoms with E-state index in [4.69, 9.17) is 0 Å². The Balaban J connectivity index is 2.80. The molecule has 1 rings (SSSR count). The molecule has 1 atom stereocenters. The van der Waals surface area contributed by atoms with Crippen LogP contribution in [-0.4, -0.2) is 16.9 Å². The predicted octanol–water partition coefficient (Wildman–Crippen LogP) is 0.0923. The Morgan fingerprint density at radius 3 is 2.70 bits per heavy atom. The van der Waals surface area contributed by atoms with Crippen LogP contribution in [0.1, 0.15) is 6.42 Å². The molecule has 0 aromatic rings. The van der Waals surface area contributed by atoms with Gasteiger partial charge in [0.05, 0.1) is 17.6 Å². The largest absolute Gasteiger partial charge is 0.430 e. The Morgan fingerprint density at radius 1 is 1.80 bits per heavy atom. The molecule has 10 heavy (non-hydrogen) atoms. The van der Waals surface area contributed by atoms with Crippen molar-refractivity contribution < 1.29 is 14.5 Å². The molecule has 1 aliphatic heterocycles. The number of hydrogen-bond donors (Lipinski definition) is 0. The van der Waals surface area contributed by atoms with Crippen molar-refractivity contribution in [3.63, 3.8) is 0 Å². The summed E-state index contributed by atoms with van der Waals surface area (Å²) in [5.74, 6) is 0. The van der Waals surface area contributed by atoms with E-state index in [1.807, 2.05) is 0 Å². The topological polar surface area (TPSA) is 69.4 Å². The van der Waals surface area contributed by atoms with Gasteiger partial charge in [0.2, 0.25) is 6.29 Å². The standard InChI is InChI=1S/C5H5NO4/c7-4-5(6(8)9)2-1-3-10-5/h1,3-4H,2H2. The van der Waals surface area contributed by atoms with Crippen molar-refractivity contribution in [2.75, 3.05) is 0 Å². The molecule has 1 aliphatic rings. The number of nitrogens with zero attached hydrogens (tertiary/aromatic N) is 1. The van der Waals surface area contributed by atoms with Crippen molar-refractivity contribution in [1.29, 1.82) is 0 Å². The molecule has 0 spiro atoms. The first-order valence-electron chi connectivity index (χ1n) is 2.65. The minimum absolute atomic E-state index is 0.0174. The Morgan fingerprint density at radius 2 is 2.50 bits per heavy atom. The van der Waals surface area contributed by atoms with Gasteiger partial charge in [-0.1, -0.05) is 0 Å². The van der Waals surface area contributed by atoms with Gasteiger partial charge in [-0.05, 0) is 6.08 Å². The van der Waals surface area contributed by atoms with Gasteiger partial charge < -0.3 is 4.74 Å². The molecule has 0 aromatic heterocycles. The third-order valence-corrected chi connectivity index (χ3v) is 1.27. The second-order valence-corrected chi connectivity index (χ2v) is 1.91.